The van der Waals surface area contributed by atoms with Crippen LogP contribution in [0.15, 0.2) is 71.6 Å². The minimum absolute atomic E-state index is 0.0793. The first-order chi connectivity index (χ1) is 16.2. The van der Waals surface area contributed by atoms with Crippen LogP contribution in [0.25, 0.3) is 10.1 Å². The monoisotopic (exact) mass is 608 g/mol. The van der Waals surface area contributed by atoms with Crippen molar-refractivity contribution in [1.82, 2.24) is 0 Å². The van der Waals surface area contributed by atoms with Gasteiger partial charge in [0.05, 0.1) is 29.7 Å². The molecule has 0 aliphatic carbocycles. The summed E-state index contributed by atoms with van der Waals surface area (Å²) in [5, 5.41) is 3.67. The lowest BCUT2D eigenvalue weighted by molar-refractivity contribution is 0.103. The van der Waals surface area contributed by atoms with Crippen LogP contribution in [0.4, 0.5) is 11.4 Å². The molecule has 0 saturated carbocycles. The molecular formula is C24H21IN2O5S2. The van der Waals surface area contributed by atoms with Gasteiger partial charge in [0, 0.05) is 27.1 Å². The number of amides is 1. The fourth-order valence-electron chi connectivity index (χ4n) is 3.34. The molecular weight excluding hydrogens is 587 g/mol. The molecule has 3 aromatic carbocycles. The van der Waals surface area contributed by atoms with Crippen molar-refractivity contribution in [1.29, 1.82) is 0 Å². The van der Waals surface area contributed by atoms with E-state index in [1.54, 1.807) is 24.3 Å². The average molecular weight is 608 g/mol. The predicted molar refractivity (Wildman–Crippen MR) is 144 cm³/mol. The zero-order valence-electron chi connectivity index (χ0n) is 18.5. The van der Waals surface area contributed by atoms with Gasteiger partial charge in [-0.1, -0.05) is 0 Å². The number of halogens is 1. The molecule has 0 bridgehead atoms. The van der Waals surface area contributed by atoms with Crippen LogP contribution in [-0.4, -0.2) is 35.6 Å². The second-order valence-electron chi connectivity index (χ2n) is 7.28. The molecule has 4 aromatic rings. The molecule has 0 aliphatic heterocycles. The number of sulfonamides is 1. The van der Waals surface area contributed by atoms with Gasteiger partial charge in [0.15, 0.2) is 11.5 Å². The number of hydrogen-bond acceptors (Lipinski definition) is 6. The van der Waals surface area contributed by atoms with Crippen LogP contribution < -0.4 is 19.1 Å². The Morgan fingerprint density at radius 3 is 2.32 bits per heavy atom. The Kier molecular flexibility index (Phi) is 7.01. The standard InChI is InChI=1S/C24H21IN2O5S2/c1-27(34(29,30)19-9-10-20(31-2)21(14-19)32-3)18-8-11-22-15(12-18)13-23(33-22)24(28)26-17-6-4-16(25)5-7-17/h4-14H,1-3H3,(H,26,28). The number of rotatable bonds is 7. The van der Waals surface area contributed by atoms with E-state index >= 15 is 0 Å². The fraction of sp³-hybridized carbons (Fsp3) is 0.125. The lowest BCUT2D eigenvalue weighted by atomic mass is 10.2. The van der Waals surface area contributed by atoms with Crippen molar-refractivity contribution < 1.29 is 22.7 Å². The van der Waals surface area contributed by atoms with E-state index < -0.39 is 10.0 Å². The Hall–Kier alpha value is -2.83. The van der Waals surface area contributed by atoms with Crippen molar-refractivity contribution in [2.75, 3.05) is 30.9 Å². The Morgan fingerprint density at radius 1 is 0.941 bits per heavy atom. The van der Waals surface area contributed by atoms with Crippen LogP contribution in [0.5, 0.6) is 11.5 Å². The summed E-state index contributed by atoms with van der Waals surface area (Å²) >= 11 is 3.55. The van der Waals surface area contributed by atoms with Gasteiger partial charge in [-0.05, 0) is 88.6 Å². The van der Waals surface area contributed by atoms with E-state index in [1.807, 2.05) is 30.3 Å². The minimum Gasteiger partial charge on any atom is -0.493 e. The molecule has 0 fully saturated rings. The van der Waals surface area contributed by atoms with Crippen molar-refractivity contribution in [3.8, 4) is 11.5 Å². The smallest absolute Gasteiger partial charge is 0.265 e. The number of nitrogens with zero attached hydrogens (tertiary/aromatic N) is 1. The maximum absolute atomic E-state index is 13.2. The number of methoxy groups -OCH3 is 2. The fourth-order valence-corrected chi connectivity index (χ4v) is 5.84. The van der Waals surface area contributed by atoms with Crippen LogP contribution in [0, 0.1) is 3.57 Å². The van der Waals surface area contributed by atoms with Gasteiger partial charge >= 0.3 is 0 Å². The van der Waals surface area contributed by atoms with E-state index in [2.05, 4.69) is 27.9 Å². The first-order valence-corrected chi connectivity index (χ1v) is 13.4. The van der Waals surface area contributed by atoms with Gasteiger partial charge in [-0.25, -0.2) is 8.42 Å². The summed E-state index contributed by atoms with van der Waals surface area (Å²) in [6.07, 6.45) is 0. The summed E-state index contributed by atoms with van der Waals surface area (Å²) < 4.78 is 40.1. The molecule has 4 rings (SSSR count). The number of ether oxygens (including phenoxy) is 2. The Bertz CT molecular complexity index is 1470. The number of fused-ring (bicyclic) bond motifs is 1. The van der Waals surface area contributed by atoms with Gasteiger partial charge < -0.3 is 14.8 Å². The predicted octanol–water partition coefficient (Wildman–Crippen LogP) is 5.60. The molecule has 1 amide bonds. The van der Waals surface area contributed by atoms with Crippen molar-refractivity contribution in [2.45, 2.75) is 4.90 Å². The van der Waals surface area contributed by atoms with Gasteiger partial charge in [-0.15, -0.1) is 11.3 Å². The quantitative estimate of drug-likeness (QED) is 0.276. The Labute approximate surface area is 215 Å². The van der Waals surface area contributed by atoms with E-state index in [0.717, 1.165) is 13.7 Å². The summed E-state index contributed by atoms with van der Waals surface area (Å²) in [5.41, 5.74) is 1.19. The van der Waals surface area contributed by atoms with Crippen LogP contribution in [0.2, 0.25) is 0 Å². The molecule has 1 heterocycles. The molecule has 0 saturated heterocycles. The number of carbonyl (C=O) groups excluding carboxylic acids is 1. The summed E-state index contributed by atoms with van der Waals surface area (Å²) in [4.78, 5) is 13.3. The van der Waals surface area contributed by atoms with Gasteiger partial charge in [-0.3, -0.25) is 9.10 Å². The van der Waals surface area contributed by atoms with Crippen LogP contribution >= 0.6 is 33.9 Å². The van der Waals surface area contributed by atoms with Crippen molar-refractivity contribution in [3.05, 3.63) is 75.2 Å². The summed E-state index contributed by atoms with van der Waals surface area (Å²) in [5.74, 6) is 0.559. The van der Waals surface area contributed by atoms with E-state index in [9.17, 15) is 13.2 Å². The van der Waals surface area contributed by atoms with E-state index in [-0.39, 0.29) is 10.8 Å². The molecule has 34 heavy (non-hydrogen) atoms. The number of thiophene rings is 1. The molecule has 1 aromatic heterocycles. The SMILES string of the molecule is COc1ccc(S(=O)(=O)N(C)c2ccc3sc(C(=O)Nc4ccc(I)cc4)cc3c2)cc1OC. The summed E-state index contributed by atoms with van der Waals surface area (Å²) in [6, 6.07) is 19.1. The summed E-state index contributed by atoms with van der Waals surface area (Å²) in [6.45, 7) is 0. The third kappa shape index (κ3) is 4.84. The Balaban J connectivity index is 1.61. The number of nitrogens with one attached hydrogen (secondary N) is 1. The van der Waals surface area contributed by atoms with Crippen molar-refractivity contribution in [3.63, 3.8) is 0 Å². The highest BCUT2D eigenvalue weighted by Crippen LogP contribution is 2.34. The highest BCUT2D eigenvalue weighted by atomic mass is 127. The van der Waals surface area contributed by atoms with Gasteiger partial charge in [-0.2, -0.15) is 0 Å². The van der Waals surface area contributed by atoms with Gasteiger partial charge in [0.1, 0.15) is 0 Å². The maximum atomic E-state index is 13.2. The highest BCUT2D eigenvalue weighted by Gasteiger charge is 2.23. The second kappa shape index (κ2) is 9.80. The van der Waals surface area contributed by atoms with Gasteiger partial charge in [0.2, 0.25) is 0 Å². The topological polar surface area (TPSA) is 84.9 Å². The molecule has 0 atom stereocenters. The third-order valence-electron chi connectivity index (χ3n) is 5.20. The number of hydrogen-bond donors (Lipinski definition) is 1. The lowest BCUT2D eigenvalue weighted by Crippen LogP contribution is -2.26. The van der Waals surface area contributed by atoms with E-state index in [0.29, 0.717) is 27.8 Å². The van der Waals surface area contributed by atoms with Crippen LogP contribution in [0.1, 0.15) is 9.67 Å². The van der Waals surface area contributed by atoms with Crippen molar-refractivity contribution >= 4 is 71.3 Å². The first-order valence-electron chi connectivity index (χ1n) is 10.0. The summed E-state index contributed by atoms with van der Waals surface area (Å²) in [7, 11) is 0.582. The average Bonchev–Trinajstić information content (AvgIpc) is 3.28. The molecule has 0 spiro atoms. The molecule has 10 heteroatoms. The zero-order chi connectivity index (χ0) is 24.5. The van der Waals surface area contributed by atoms with E-state index in [1.165, 1.54) is 49.0 Å². The second-order valence-corrected chi connectivity index (χ2v) is 11.6. The minimum atomic E-state index is -3.85. The van der Waals surface area contributed by atoms with Crippen molar-refractivity contribution in [2.24, 2.45) is 0 Å². The number of anilines is 2. The molecule has 176 valence electrons. The molecule has 0 unspecified atom stereocenters. The Morgan fingerprint density at radius 2 is 1.65 bits per heavy atom. The number of carbonyl (C=O) groups is 1. The van der Waals surface area contributed by atoms with Crippen LogP contribution in [-0.2, 0) is 10.0 Å². The normalized spacial score (nSPS) is 11.3. The number of benzene rings is 3. The van der Waals surface area contributed by atoms with E-state index in [4.69, 9.17) is 9.47 Å². The molecule has 0 aliphatic rings. The largest absolute Gasteiger partial charge is 0.493 e. The third-order valence-corrected chi connectivity index (χ3v) is 8.82. The zero-order valence-corrected chi connectivity index (χ0v) is 22.3. The highest BCUT2D eigenvalue weighted by molar-refractivity contribution is 14.1. The molecule has 1 N–H and O–H groups in total. The maximum Gasteiger partial charge on any atom is 0.265 e. The van der Waals surface area contributed by atoms with Gasteiger partial charge in [0.25, 0.3) is 15.9 Å². The molecule has 0 radical (unpaired) electrons. The van der Waals surface area contributed by atoms with Crippen LogP contribution in [0.3, 0.4) is 0 Å². The lowest BCUT2D eigenvalue weighted by Gasteiger charge is -2.20. The molecule has 7 nitrogen and oxygen atoms in total. The first kappa shape index (κ1) is 24.3.